The maximum absolute atomic E-state index is 11.7. The summed E-state index contributed by atoms with van der Waals surface area (Å²) in [5.41, 5.74) is 0.193. The summed E-state index contributed by atoms with van der Waals surface area (Å²) in [5, 5.41) is 9.17. The summed E-state index contributed by atoms with van der Waals surface area (Å²) in [5.74, 6) is -0.938. The van der Waals surface area contributed by atoms with Gasteiger partial charge in [0.1, 0.15) is 12.6 Å². The number of likely N-dealkylation sites (tertiary alicyclic amines) is 1. The monoisotopic (exact) mass is 239 g/mol. The van der Waals surface area contributed by atoms with Gasteiger partial charge in [0.15, 0.2) is 0 Å². The average Bonchev–Trinajstić information content (AvgIpc) is 3.05. The molecule has 1 unspecified atom stereocenters. The van der Waals surface area contributed by atoms with Crippen LogP contribution in [0, 0.1) is 5.41 Å². The van der Waals surface area contributed by atoms with E-state index in [0.717, 1.165) is 19.3 Å². The fraction of sp³-hybridized carbons (Fsp3) is 0.667. The minimum absolute atomic E-state index is 0.118. The quantitative estimate of drug-likeness (QED) is 0.760. The number of nitrogens with zero attached hydrogens (tertiary/aromatic N) is 1. The number of carboxylic acid groups (broad SMARTS) is 1. The number of rotatable bonds is 3. The zero-order chi connectivity index (χ0) is 12.5. The molecule has 0 aromatic heterocycles. The molecule has 0 aromatic rings. The number of carboxylic acids is 1. The molecule has 1 saturated heterocycles. The highest BCUT2D eigenvalue weighted by Gasteiger charge is 2.51. The Bertz CT molecular complexity index is 348. The second-order valence-corrected chi connectivity index (χ2v) is 4.87. The van der Waals surface area contributed by atoms with Crippen molar-refractivity contribution in [3.05, 3.63) is 12.7 Å². The fourth-order valence-electron chi connectivity index (χ4n) is 2.42. The molecule has 1 N–H and O–H groups in total. The lowest BCUT2D eigenvalue weighted by Crippen LogP contribution is -2.50. The van der Waals surface area contributed by atoms with Crippen LogP contribution in [-0.4, -0.2) is 41.3 Å². The number of amides is 1. The van der Waals surface area contributed by atoms with E-state index in [-0.39, 0.29) is 12.0 Å². The minimum Gasteiger partial charge on any atom is -0.480 e. The summed E-state index contributed by atoms with van der Waals surface area (Å²) in [4.78, 5) is 24.2. The van der Waals surface area contributed by atoms with E-state index in [4.69, 9.17) is 4.74 Å². The predicted octanol–water partition coefficient (Wildman–Crippen LogP) is 1.64. The van der Waals surface area contributed by atoms with E-state index in [1.54, 1.807) is 0 Å². The molecule has 1 saturated carbocycles. The lowest BCUT2D eigenvalue weighted by molar-refractivity contribution is -0.144. The molecule has 0 bridgehead atoms. The van der Waals surface area contributed by atoms with Gasteiger partial charge in [-0.25, -0.2) is 9.59 Å². The molecule has 1 atom stereocenters. The molecule has 1 aliphatic heterocycles. The molecule has 1 heterocycles. The highest BCUT2D eigenvalue weighted by molar-refractivity contribution is 5.80. The summed E-state index contributed by atoms with van der Waals surface area (Å²) in [7, 11) is 0. The molecule has 1 spiro atoms. The van der Waals surface area contributed by atoms with E-state index < -0.39 is 18.1 Å². The number of aliphatic carboxylic acids is 1. The van der Waals surface area contributed by atoms with Gasteiger partial charge in [0.2, 0.25) is 0 Å². The third-order valence-corrected chi connectivity index (χ3v) is 3.69. The van der Waals surface area contributed by atoms with Crippen LogP contribution in [0.25, 0.3) is 0 Å². The second-order valence-electron chi connectivity index (χ2n) is 4.87. The summed E-state index contributed by atoms with van der Waals surface area (Å²) < 4.78 is 4.91. The normalized spacial score (nSPS) is 25.4. The van der Waals surface area contributed by atoms with Crippen LogP contribution in [-0.2, 0) is 9.53 Å². The Balaban J connectivity index is 2.01. The number of ether oxygens (including phenoxy) is 1. The van der Waals surface area contributed by atoms with E-state index in [0.29, 0.717) is 13.0 Å². The third-order valence-electron chi connectivity index (χ3n) is 3.69. The first-order valence-corrected chi connectivity index (χ1v) is 5.85. The van der Waals surface area contributed by atoms with Crippen molar-refractivity contribution >= 4 is 12.1 Å². The lowest BCUT2D eigenvalue weighted by Gasteiger charge is -2.36. The Morgan fingerprint density at radius 1 is 1.47 bits per heavy atom. The molecule has 0 radical (unpaired) electrons. The smallest absolute Gasteiger partial charge is 0.410 e. The van der Waals surface area contributed by atoms with Crippen molar-refractivity contribution in [1.29, 1.82) is 0 Å². The maximum atomic E-state index is 11.7. The molecule has 1 aliphatic carbocycles. The Kier molecular flexibility index (Phi) is 3.09. The van der Waals surface area contributed by atoms with Crippen LogP contribution in [0.3, 0.4) is 0 Å². The second kappa shape index (κ2) is 4.39. The Morgan fingerprint density at radius 3 is 2.71 bits per heavy atom. The van der Waals surface area contributed by atoms with Gasteiger partial charge >= 0.3 is 12.1 Å². The molecule has 2 fully saturated rings. The minimum atomic E-state index is -0.938. The molecule has 2 rings (SSSR count). The SMILES string of the molecule is C=CCOC(=O)N1CCC2(CC2)CC1C(=O)O. The van der Waals surface area contributed by atoms with E-state index in [9.17, 15) is 14.7 Å². The van der Waals surface area contributed by atoms with Crippen molar-refractivity contribution < 1.29 is 19.4 Å². The highest BCUT2D eigenvalue weighted by Crippen LogP contribution is 2.55. The van der Waals surface area contributed by atoms with Crippen LogP contribution >= 0.6 is 0 Å². The van der Waals surface area contributed by atoms with Crippen molar-refractivity contribution in [1.82, 2.24) is 4.90 Å². The maximum Gasteiger partial charge on any atom is 0.410 e. The lowest BCUT2D eigenvalue weighted by atomic mass is 9.88. The molecule has 17 heavy (non-hydrogen) atoms. The van der Waals surface area contributed by atoms with Gasteiger partial charge in [0.25, 0.3) is 0 Å². The van der Waals surface area contributed by atoms with E-state index in [1.165, 1.54) is 11.0 Å². The standard InChI is InChI=1S/C12H17NO4/c1-2-7-17-11(16)13-6-5-12(3-4-12)8-9(13)10(14)15/h2,9H,1,3-8H2,(H,14,15). The first-order chi connectivity index (χ1) is 8.08. The summed E-state index contributed by atoms with van der Waals surface area (Å²) in [6, 6.07) is -0.733. The van der Waals surface area contributed by atoms with E-state index in [2.05, 4.69) is 6.58 Å². The van der Waals surface area contributed by atoms with Gasteiger partial charge in [0.05, 0.1) is 0 Å². The van der Waals surface area contributed by atoms with Crippen molar-refractivity contribution in [3.8, 4) is 0 Å². The van der Waals surface area contributed by atoms with Crippen LogP contribution < -0.4 is 0 Å². The zero-order valence-corrected chi connectivity index (χ0v) is 9.72. The molecular weight excluding hydrogens is 222 g/mol. The Hall–Kier alpha value is -1.52. The molecule has 1 amide bonds. The summed E-state index contributed by atoms with van der Waals surface area (Å²) >= 11 is 0. The molecule has 0 aromatic carbocycles. The Labute approximate surface area is 100 Å². The highest BCUT2D eigenvalue weighted by atomic mass is 16.6. The van der Waals surface area contributed by atoms with Crippen LogP contribution in [0.5, 0.6) is 0 Å². The average molecular weight is 239 g/mol. The molecule has 5 heteroatoms. The summed E-state index contributed by atoms with van der Waals surface area (Å²) in [6.07, 6.45) is 4.55. The fourth-order valence-corrected chi connectivity index (χ4v) is 2.42. The van der Waals surface area contributed by atoms with Crippen molar-refractivity contribution in [2.24, 2.45) is 5.41 Å². The number of carbonyl (C=O) groups is 2. The summed E-state index contributed by atoms with van der Waals surface area (Å²) in [6.45, 7) is 4.05. The van der Waals surface area contributed by atoms with Crippen LogP contribution in [0.1, 0.15) is 25.7 Å². The molecule has 5 nitrogen and oxygen atoms in total. The molecule has 94 valence electrons. The first kappa shape index (κ1) is 12.0. The van der Waals surface area contributed by atoms with Crippen molar-refractivity contribution in [2.75, 3.05) is 13.2 Å². The largest absolute Gasteiger partial charge is 0.480 e. The van der Waals surface area contributed by atoms with E-state index in [1.807, 2.05) is 0 Å². The van der Waals surface area contributed by atoms with Gasteiger partial charge in [-0.15, -0.1) is 0 Å². The molecule has 2 aliphatic rings. The van der Waals surface area contributed by atoms with Gasteiger partial charge in [-0.05, 0) is 31.1 Å². The number of hydrogen-bond donors (Lipinski definition) is 1. The number of hydrogen-bond acceptors (Lipinski definition) is 3. The van der Waals surface area contributed by atoms with Crippen LogP contribution in [0.15, 0.2) is 12.7 Å². The van der Waals surface area contributed by atoms with Gasteiger partial charge in [-0.2, -0.15) is 0 Å². The first-order valence-electron chi connectivity index (χ1n) is 5.85. The van der Waals surface area contributed by atoms with Crippen molar-refractivity contribution in [3.63, 3.8) is 0 Å². The van der Waals surface area contributed by atoms with Gasteiger partial charge in [-0.3, -0.25) is 4.90 Å². The third kappa shape index (κ3) is 2.43. The van der Waals surface area contributed by atoms with Gasteiger partial charge < -0.3 is 9.84 Å². The number of carbonyl (C=O) groups excluding carboxylic acids is 1. The predicted molar refractivity (Wildman–Crippen MR) is 60.6 cm³/mol. The van der Waals surface area contributed by atoms with Crippen LogP contribution in [0.4, 0.5) is 4.79 Å². The van der Waals surface area contributed by atoms with Crippen LogP contribution in [0.2, 0.25) is 0 Å². The van der Waals surface area contributed by atoms with Crippen molar-refractivity contribution in [2.45, 2.75) is 31.7 Å². The van der Waals surface area contributed by atoms with Gasteiger partial charge in [-0.1, -0.05) is 12.7 Å². The topological polar surface area (TPSA) is 66.8 Å². The molecular formula is C12H17NO4. The van der Waals surface area contributed by atoms with E-state index >= 15 is 0 Å². The van der Waals surface area contributed by atoms with Gasteiger partial charge in [0, 0.05) is 6.54 Å². The Morgan fingerprint density at radius 2 is 2.18 bits per heavy atom. The zero-order valence-electron chi connectivity index (χ0n) is 9.72. The number of piperidine rings is 1.